The van der Waals surface area contributed by atoms with Crippen LogP contribution in [0, 0.1) is 6.92 Å². The lowest BCUT2D eigenvalue weighted by Crippen LogP contribution is -1.78. The SMILES string of the molecule is Cc1cccc2sc(-c3cccnc3)nc12. The fourth-order valence-corrected chi connectivity index (χ4v) is 2.73. The summed E-state index contributed by atoms with van der Waals surface area (Å²) in [7, 11) is 0. The zero-order valence-electron chi connectivity index (χ0n) is 8.84. The van der Waals surface area contributed by atoms with Crippen LogP contribution in [-0.4, -0.2) is 9.97 Å². The van der Waals surface area contributed by atoms with Gasteiger partial charge in [-0.25, -0.2) is 4.98 Å². The molecule has 2 aromatic heterocycles. The van der Waals surface area contributed by atoms with Crippen LogP contribution in [-0.2, 0) is 0 Å². The molecule has 0 amide bonds. The van der Waals surface area contributed by atoms with Crippen LogP contribution in [0.5, 0.6) is 0 Å². The van der Waals surface area contributed by atoms with Crippen LogP contribution in [0.1, 0.15) is 5.56 Å². The molecule has 0 aliphatic heterocycles. The number of aromatic nitrogens is 2. The minimum Gasteiger partial charge on any atom is -0.264 e. The maximum Gasteiger partial charge on any atom is 0.126 e. The van der Waals surface area contributed by atoms with E-state index in [1.807, 2.05) is 18.3 Å². The van der Waals surface area contributed by atoms with Gasteiger partial charge in [0.25, 0.3) is 0 Å². The van der Waals surface area contributed by atoms with Crippen LogP contribution < -0.4 is 0 Å². The van der Waals surface area contributed by atoms with Crippen molar-refractivity contribution in [2.75, 3.05) is 0 Å². The molecule has 0 spiro atoms. The maximum atomic E-state index is 4.66. The van der Waals surface area contributed by atoms with Gasteiger partial charge in [-0.3, -0.25) is 4.98 Å². The summed E-state index contributed by atoms with van der Waals surface area (Å²) in [6.45, 7) is 2.09. The lowest BCUT2D eigenvalue weighted by molar-refractivity contribution is 1.32. The van der Waals surface area contributed by atoms with E-state index in [9.17, 15) is 0 Å². The largest absolute Gasteiger partial charge is 0.264 e. The first kappa shape index (κ1) is 9.48. The topological polar surface area (TPSA) is 25.8 Å². The molecule has 0 atom stereocenters. The number of hydrogen-bond acceptors (Lipinski definition) is 3. The summed E-state index contributed by atoms with van der Waals surface area (Å²) in [6, 6.07) is 10.3. The Labute approximate surface area is 97.6 Å². The van der Waals surface area contributed by atoms with Crippen molar-refractivity contribution in [2.45, 2.75) is 6.92 Å². The van der Waals surface area contributed by atoms with E-state index in [0.29, 0.717) is 0 Å². The average molecular weight is 226 g/mol. The predicted molar refractivity (Wildman–Crippen MR) is 67.6 cm³/mol. The Morgan fingerprint density at radius 2 is 2.06 bits per heavy atom. The Balaban J connectivity index is 2.23. The summed E-state index contributed by atoms with van der Waals surface area (Å²) in [5, 5.41) is 1.04. The maximum absolute atomic E-state index is 4.66. The Kier molecular flexibility index (Phi) is 2.18. The molecule has 0 bridgehead atoms. The fraction of sp³-hybridized carbons (Fsp3) is 0.0769. The smallest absolute Gasteiger partial charge is 0.126 e. The summed E-state index contributed by atoms with van der Waals surface area (Å²) < 4.78 is 1.24. The molecule has 0 aliphatic rings. The van der Waals surface area contributed by atoms with Crippen molar-refractivity contribution >= 4 is 21.6 Å². The normalized spacial score (nSPS) is 10.8. The standard InChI is InChI=1S/C13H10N2S/c1-9-4-2-6-11-12(9)15-13(16-11)10-5-3-7-14-8-10/h2-8H,1H3. The summed E-state index contributed by atoms with van der Waals surface area (Å²) in [4.78, 5) is 8.78. The molecule has 0 unspecified atom stereocenters. The molecule has 0 fully saturated rings. The first-order chi connectivity index (χ1) is 7.84. The number of fused-ring (bicyclic) bond motifs is 1. The molecule has 16 heavy (non-hydrogen) atoms. The number of benzene rings is 1. The second-order valence-corrected chi connectivity index (χ2v) is 4.71. The van der Waals surface area contributed by atoms with Crippen LogP contribution >= 0.6 is 11.3 Å². The molecule has 3 rings (SSSR count). The molecule has 0 N–H and O–H groups in total. The van der Waals surface area contributed by atoms with Crippen molar-refractivity contribution in [2.24, 2.45) is 0 Å². The van der Waals surface area contributed by atoms with Crippen molar-refractivity contribution in [1.29, 1.82) is 0 Å². The highest BCUT2D eigenvalue weighted by Crippen LogP contribution is 2.30. The van der Waals surface area contributed by atoms with Crippen LogP contribution in [0.2, 0.25) is 0 Å². The van der Waals surface area contributed by atoms with Crippen molar-refractivity contribution in [3.63, 3.8) is 0 Å². The average Bonchev–Trinajstić information content (AvgIpc) is 2.76. The predicted octanol–water partition coefficient (Wildman–Crippen LogP) is 3.67. The van der Waals surface area contributed by atoms with Gasteiger partial charge in [-0.2, -0.15) is 0 Å². The molecule has 0 radical (unpaired) electrons. The lowest BCUT2D eigenvalue weighted by atomic mass is 10.2. The third-order valence-electron chi connectivity index (χ3n) is 2.53. The van der Waals surface area contributed by atoms with Crippen LogP contribution in [0.4, 0.5) is 0 Å². The van der Waals surface area contributed by atoms with Crippen molar-refractivity contribution in [3.8, 4) is 10.6 Å². The van der Waals surface area contributed by atoms with Gasteiger partial charge in [-0.1, -0.05) is 12.1 Å². The van der Waals surface area contributed by atoms with Crippen molar-refractivity contribution in [1.82, 2.24) is 9.97 Å². The Bertz CT molecular complexity index is 629. The number of aryl methyl sites for hydroxylation is 1. The quantitative estimate of drug-likeness (QED) is 0.632. The summed E-state index contributed by atoms with van der Waals surface area (Å²) in [6.07, 6.45) is 3.63. The Morgan fingerprint density at radius 1 is 1.12 bits per heavy atom. The lowest BCUT2D eigenvalue weighted by Gasteiger charge is -1.92. The molecule has 2 nitrogen and oxygen atoms in total. The first-order valence-electron chi connectivity index (χ1n) is 5.11. The fourth-order valence-electron chi connectivity index (χ4n) is 1.70. The van der Waals surface area contributed by atoms with Gasteiger partial charge in [0.1, 0.15) is 5.01 Å². The van der Waals surface area contributed by atoms with E-state index >= 15 is 0 Å². The highest BCUT2D eigenvalue weighted by Gasteiger charge is 2.07. The molecular weight excluding hydrogens is 216 g/mol. The van der Waals surface area contributed by atoms with E-state index in [4.69, 9.17) is 0 Å². The minimum absolute atomic E-state index is 1.04. The summed E-state index contributed by atoms with van der Waals surface area (Å²) in [5.74, 6) is 0. The number of nitrogens with zero attached hydrogens (tertiary/aromatic N) is 2. The van der Waals surface area contributed by atoms with E-state index < -0.39 is 0 Å². The van der Waals surface area contributed by atoms with E-state index in [1.54, 1.807) is 17.5 Å². The van der Waals surface area contributed by atoms with Gasteiger partial charge < -0.3 is 0 Å². The highest BCUT2D eigenvalue weighted by atomic mass is 32.1. The molecule has 3 heteroatoms. The highest BCUT2D eigenvalue weighted by molar-refractivity contribution is 7.21. The number of hydrogen-bond donors (Lipinski definition) is 0. The van der Waals surface area contributed by atoms with Crippen LogP contribution in [0.15, 0.2) is 42.7 Å². The second-order valence-electron chi connectivity index (χ2n) is 3.68. The van der Waals surface area contributed by atoms with E-state index in [1.165, 1.54) is 10.3 Å². The molecule has 3 aromatic rings. The number of rotatable bonds is 1. The molecule has 0 saturated carbocycles. The second kappa shape index (κ2) is 3.68. The van der Waals surface area contributed by atoms with E-state index in [0.717, 1.165) is 16.1 Å². The Morgan fingerprint density at radius 3 is 2.81 bits per heavy atom. The van der Waals surface area contributed by atoms with E-state index in [2.05, 4.69) is 35.1 Å². The van der Waals surface area contributed by atoms with Gasteiger partial charge in [0, 0.05) is 18.0 Å². The molecular formula is C13H10N2S. The third kappa shape index (κ3) is 1.49. The van der Waals surface area contributed by atoms with Gasteiger partial charge in [0.2, 0.25) is 0 Å². The molecule has 0 aliphatic carbocycles. The van der Waals surface area contributed by atoms with Gasteiger partial charge >= 0.3 is 0 Å². The van der Waals surface area contributed by atoms with Gasteiger partial charge in [-0.15, -0.1) is 11.3 Å². The third-order valence-corrected chi connectivity index (χ3v) is 3.60. The number of para-hydroxylation sites is 1. The zero-order chi connectivity index (χ0) is 11.0. The van der Waals surface area contributed by atoms with Gasteiger partial charge in [-0.05, 0) is 30.7 Å². The zero-order valence-corrected chi connectivity index (χ0v) is 9.66. The summed E-state index contributed by atoms with van der Waals surface area (Å²) in [5.41, 5.74) is 3.42. The van der Waals surface area contributed by atoms with Crippen molar-refractivity contribution < 1.29 is 0 Å². The van der Waals surface area contributed by atoms with Gasteiger partial charge in [0.15, 0.2) is 0 Å². The van der Waals surface area contributed by atoms with Crippen LogP contribution in [0.25, 0.3) is 20.8 Å². The number of thiazole rings is 1. The Hall–Kier alpha value is -1.74. The first-order valence-corrected chi connectivity index (χ1v) is 5.93. The van der Waals surface area contributed by atoms with Crippen LogP contribution in [0.3, 0.4) is 0 Å². The molecule has 2 heterocycles. The molecule has 1 aromatic carbocycles. The number of pyridine rings is 1. The van der Waals surface area contributed by atoms with Crippen molar-refractivity contribution in [3.05, 3.63) is 48.3 Å². The summed E-state index contributed by atoms with van der Waals surface area (Å²) >= 11 is 1.71. The van der Waals surface area contributed by atoms with Gasteiger partial charge in [0.05, 0.1) is 10.2 Å². The molecule has 0 saturated heterocycles. The minimum atomic E-state index is 1.04. The monoisotopic (exact) mass is 226 g/mol. The molecule has 78 valence electrons. The van der Waals surface area contributed by atoms with E-state index in [-0.39, 0.29) is 0 Å².